The number of carboxylic acid groups (broad SMARTS) is 1. The molecule has 2 fully saturated rings. The Labute approximate surface area is 157 Å². The van der Waals surface area contributed by atoms with Crippen molar-refractivity contribution >= 4 is 16.1 Å². The molecule has 1 saturated heterocycles. The van der Waals surface area contributed by atoms with E-state index in [0.29, 0.717) is 32.1 Å². The van der Waals surface area contributed by atoms with Gasteiger partial charge in [0.05, 0.1) is 25.0 Å². The molecular weight excluding hydrogens is 389 g/mol. The fourth-order valence-electron chi connectivity index (χ4n) is 4.15. The lowest BCUT2D eigenvalue weighted by Crippen LogP contribution is -2.50. The summed E-state index contributed by atoms with van der Waals surface area (Å²) in [6, 6.07) is -1.62. The first-order valence-corrected chi connectivity index (χ1v) is 10.9. The molecule has 0 bridgehead atoms. The number of nitrogens with one attached hydrogen (secondary N) is 1. The van der Waals surface area contributed by atoms with Gasteiger partial charge >= 0.3 is 12.3 Å². The van der Waals surface area contributed by atoms with Crippen LogP contribution >= 0.6 is 0 Å². The summed E-state index contributed by atoms with van der Waals surface area (Å²) in [4.78, 5) is 12.7. The zero-order chi connectivity index (χ0) is 20.4. The highest BCUT2D eigenvalue weighted by atomic mass is 32.2. The Morgan fingerprint density at radius 1 is 1.26 bits per heavy atom. The highest BCUT2D eigenvalue weighted by Gasteiger charge is 2.43. The lowest BCUT2D eigenvalue weighted by atomic mass is 9.85. The van der Waals surface area contributed by atoms with E-state index in [2.05, 4.69) is 4.72 Å². The lowest BCUT2D eigenvalue weighted by molar-refractivity contribution is -0.148. The number of amides is 1. The minimum atomic E-state index is -4.16. The summed E-state index contributed by atoms with van der Waals surface area (Å²) in [7, 11) is -3.51. The predicted octanol–water partition coefficient (Wildman–Crippen LogP) is 2.57. The summed E-state index contributed by atoms with van der Waals surface area (Å²) in [6.45, 7) is 1.71. The molecule has 1 aliphatic heterocycles. The van der Waals surface area contributed by atoms with Crippen molar-refractivity contribution in [1.29, 1.82) is 0 Å². The molecule has 2 rings (SSSR count). The summed E-state index contributed by atoms with van der Waals surface area (Å²) < 4.78 is 68.8. The third-order valence-electron chi connectivity index (χ3n) is 5.29. The zero-order valence-corrected chi connectivity index (χ0v) is 16.2. The molecule has 7 nitrogen and oxygen atoms in total. The number of rotatable bonds is 6. The maximum absolute atomic E-state index is 12.5. The summed E-state index contributed by atoms with van der Waals surface area (Å²) in [6.07, 6.45) is -3.18. The van der Waals surface area contributed by atoms with Gasteiger partial charge in [-0.15, -0.1) is 0 Å². The van der Waals surface area contributed by atoms with E-state index in [1.165, 1.54) is 4.90 Å². The molecule has 0 spiro atoms. The average molecular weight is 416 g/mol. The van der Waals surface area contributed by atoms with Crippen LogP contribution < -0.4 is 4.72 Å². The number of likely N-dealkylation sites (tertiary alicyclic amines) is 1. The summed E-state index contributed by atoms with van der Waals surface area (Å²) in [5.41, 5.74) is 0. The second kappa shape index (κ2) is 8.52. The largest absolute Gasteiger partial charge is 0.465 e. The lowest BCUT2D eigenvalue weighted by Gasteiger charge is -2.32. The van der Waals surface area contributed by atoms with Crippen molar-refractivity contribution in [3.05, 3.63) is 0 Å². The monoisotopic (exact) mass is 416 g/mol. The fraction of sp³-hybridized carbons (Fsp3) is 0.938. The van der Waals surface area contributed by atoms with Crippen LogP contribution in [0.1, 0.15) is 45.4 Å². The van der Waals surface area contributed by atoms with Gasteiger partial charge in [-0.1, -0.05) is 0 Å². The van der Waals surface area contributed by atoms with Crippen molar-refractivity contribution in [2.75, 3.05) is 12.9 Å². The predicted molar refractivity (Wildman–Crippen MR) is 91.9 cm³/mol. The van der Waals surface area contributed by atoms with Gasteiger partial charge in [-0.25, -0.2) is 17.9 Å². The molecule has 1 heterocycles. The Morgan fingerprint density at radius 2 is 1.85 bits per heavy atom. The fourth-order valence-corrected chi connectivity index (χ4v) is 4.96. The van der Waals surface area contributed by atoms with Crippen LogP contribution in [0, 0.1) is 5.92 Å². The Morgan fingerprint density at radius 3 is 2.33 bits per heavy atom. The topological polar surface area (TPSA) is 95.9 Å². The standard InChI is InChI=1S/C16H27F3N2O5S/c1-10-7-13(20-27(2,24)25)14(21(10)15(22)23)9-26-12-5-3-11(4-6-12)8-16(17,18)19/h10-14,20H,3-9H2,1-2H3,(H,22,23)/t10-,11?,12?,13+,14+/m1/s1. The van der Waals surface area contributed by atoms with Crippen LogP contribution in [0.3, 0.4) is 0 Å². The molecule has 158 valence electrons. The smallest absolute Gasteiger partial charge is 0.407 e. The molecule has 0 unspecified atom stereocenters. The minimum absolute atomic E-state index is 0.0123. The van der Waals surface area contributed by atoms with Gasteiger partial charge in [0.25, 0.3) is 0 Å². The Balaban J connectivity index is 1.92. The van der Waals surface area contributed by atoms with E-state index in [4.69, 9.17) is 4.74 Å². The summed E-state index contributed by atoms with van der Waals surface area (Å²) in [5, 5.41) is 9.44. The van der Waals surface area contributed by atoms with Crippen molar-refractivity contribution < 1.29 is 36.2 Å². The quantitative estimate of drug-likeness (QED) is 0.694. The molecular formula is C16H27F3N2O5S. The highest BCUT2D eigenvalue weighted by molar-refractivity contribution is 7.88. The number of nitrogens with zero attached hydrogens (tertiary/aromatic N) is 1. The van der Waals surface area contributed by atoms with Crippen LogP contribution in [-0.2, 0) is 14.8 Å². The summed E-state index contributed by atoms with van der Waals surface area (Å²) >= 11 is 0. The van der Waals surface area contributed by atoms with Crippen LogP contribution in [-0.4, -0.2) is 67.8 Å². The first-order chi connectivity index (χ1) is 12.4. The van der Waals surface area contributed by atoms with Gasteiger partial charge in [0.1, 0.15) is 0 Å². The van der Waals surface area contributed by atoms with Crippen LogP contribution in [0.4, 0.5) is 18.0 Å². The molecule has 0 aromatic carbocycles. The molecule has 27 heavy (non-hydrogen) atoms. The third kappa shape index (κ3) is 6.79. The van der Waals surface area contributed by atoms with Crippen molar-refractivity contribution in [2.24, 2.45) is 5.92 Å². The van der Waals surface area contributed by atoms with Gasteiger partial charge in [0.2, 0.25) is 10.0 Å². The first kappa shape index (κ1) is 22.2. The Bertz CT molecular complexity index is 620. The average Bonchev–Trinajstić information content (AvgIpc) is 2.78. The van der Waals surface area contributed by atoms with E-state index in [-0.39, 0.29) is 18.8 Å². The van der Waals surface area contributed by atoms with Gasteiger partial charge in [-0.2, -0.15) is 13.2 Å². The number of hydrogen-bond donors (Lipinski definition) is 2. The molecule has 1 amide bonds. The molecule has 2 N–H and O–H groups in total. The molecule has 11 heteroatoms. The van der Waals surface area contributed by atoms with Crippen molar-refractivity contribution in [2.45, 2.75) is 75.9 Å². The van der Waals surface area contributed by atoms with Gasteiger partial charge in [0.15, 0.2) is 0 Å². The van der Waals surface area contributed by atoms with Crippen LogP contribution in [0.25, 0.3) is 0 Å². The van der Waals surface area contributed by atoms with E-state index >= 15 is 0 Å². The second-order valence-corrected chi connectivity index (χ2v) is 9.41. The maximum Gasteiger partial charge on any atom is 0.407 e. The van der Waals surface area contributed by atoms with E-state index < -0.39 is 46.7 Å². The molecule has 1 aliphatic carbocycles. The zero-order valence-electron chi connectivity index (χ0n) is 15.4. The highest BCUT2D eigenvalue weighted by Crippen LogP contribution is 2.35. The number of alkyl halides is 3. The molecule has 0 radical (unpaired) electrons. The van der Waals surface area contributed by atoms with Crippen molar-refractivity contribution in [3.8, 4) is 0 Å². The molecule has 3 atom stereocenters. The SMILES string of the molecule is C[C@@H]1C[C@H](NS(C)(=O)=O)[C@H](COC2CCC(CC(F)(F)F)CC2)N1C(=O)O. The number of ether oxygens (including phenoxy) is 1. The number of sulfonamides is 1. The molecule has 0 aromatic rings. The van der Waals surface area contributed by atoms with Gasteiger partial charge in [-0.3, -0.25) is 4.90 Å². The Hall–Kier alpha value is -1.07. The molecule has 0 aromatic heterocycles. The first-order valence-electron chi connectivity index (χ1n) is 9.02. The second-order valence-electron chi connectivity index (χ2n) is 7.63. The van der Waals surface area contributed by atoms with Gasteiger partial charge in [-0.05, 0) is 44.9 Å². The van der Waals surface area contributed by atoms with Gasteiger partial charge < -0.3 is 9.84 Å². The molecule has 2 aliphatic rings. The van der Waals surface area contributed by atoms with E-state index in [0.717, 1.165) is 6.26 Å². The third-order valence-corrected chi connectivity index (χ3v) is 6.03. The number of halogens is 3. The van der Waals surface area contributed by atoms with Crippen molar-refractivity contribution in [3.63, 3.8) is 0 Å². The Kier molecular flexibility index (Phi) is 7.01. The van der Waals surface area contributed by atoms with Crippen LogP contribution in [0.15, 0.2) is 0 Å². The number of hydrogen-bond acceptors (Lipinski definition) is 4. The minimum Gasteiger partial charge on any atom is -0.465 e. The van der Waals surface area contributed by atoms with Crippen LogP contribution in [0.5, 0.6) is 0 Å². The van der Waals surface area contributed by atoms with Crippen molar-refractivity contribution in [1.82, 2.24) is 9.62 Å². The number of carbonyl (C=O) groups is 1. The van der Waals surface area contributed by atoms with E-state index in [9.17, 15) is 31.5 Å². The molecule has 1 saturated carbocycles. The van der Waals surface area contributed by atoms with E-state index in [1.807, 2.05) is 0 Å². The van der Waals surface area contributed by atoms with E-state index in [1.54, 1.807) is 6.92 Å². The van der Waals surface area contributed by atoms with Crippen LogP contribution in [0.2, 0.25) is 0 Å². The normalized spacial score (nSPS) is 32.6. The van der Waals surface area contributed by atoms with Gasteiger partial charge in [0, 0.05) is 18.5 Å². The maximum atomic E-state index is 12.5. The summed E-state index contributed by atoms with van der Waals surface area (Å²) in [5.74, 6) is -0.397.